The summed E-state index contributed by atoms with van der Waals surface area (Å²) in [6.07, 6.45) is -0.561. The number of aliphatic carboxylic acids is 1. The molecule has 3 rings (SSSR count). The smallest absolute Gasteiger partial charge is 0.407 e. The van der Waals surface area contributed by atoms with Gasteiger partial charge in [-0.15, -0.1) is 0 Å². The van der Waals surface area contributed by atoms with Crippen LogP contribution in [0.4, 0.5) is 4.79 Å². The van der Waals surface area contributed by atoms with E-state index >= 15 is 0 Å². The lowest BCUT2D eigenvalue weighted by Crippen LogP contribution is -2.52. The number of nitrogens with one attached hydrogen (secondary N) is 2. The molecule has 33 heavy (non-hydrogen) atoms. The van der Waals surface area contributed by atoms with Crippen molar-refractivity contribution in [3.63, 3.8) is 0 Å². The van der Waals surface area contributed by atoms with E-state index in [-0.39, 0.29) is 31.5 Å². The Kier molecular flexibility index (Phi) is 8.06. The summed E-state index contributed by atoms with van der Waals surface area (Å²) < 4.78 is 5.52. The average molecular weight is 455 g/mol. The molecule has 2 amide bonds. The van der Waals surface area contributed by atoms with Gasteiger partial charge >= 0.3 is 12.1 Å². The van der Waals surface area contributed by atoms with E-state index in [1.807, 2.05) is 62.4 Å². The number of hydrogen-bond acceptors (Lipinski definition) is 5. The number of carboxylic acids is 1. The summed E-state index contributed by atoms with van der Waals surface area (Å²) in [5, 5.41) is 23.2. The van der Waals surface area contributed by atoms with Gasteiger partial charge in [-0.05, 0) is 34.6 Å². The van der Waals surface area contributed by atoms with Gasteiger partial charge in [-0.3, -0.25) is 4.79 Å². The Balaban J connectivity index is 1.66. The molecule has 2 atom stereocenters. The molecule has 0 aromatic heterocycles. The molecule has 0 unspecified atom stereocenters. The van der Waals surface area contributed by atoms with E-state index in [1.165, 1.54) is 0 Å². The van der Waals surface area contributed by atoms with Crippen LogP contribution >= 0.6 is 0 Å². The molecule has 0 heterocycles. The molecule has 8 heteroatoms. The van der Waals surface area contributed by atoms with Gasteiger partial charge in [-0.1, -0.05) is 62.4 Å². The molecule has 1 aliphatic carbocycles. The number of amides is 2. The van der Waals surface area contributed by atoms with Crippen LogP contribution in [0.3, 0.4) is 0 Å². The molecule has 8 nitrogen and oxygen atoms in total. The number of fused-ring (bicyclic) bond motifs is 3. The first-order chi connectivity index (χ1) is 15.8. The van der Waals surface area contributed by atoms with Gasteiger partial charge in [-0.2, -0.15) is 0 Å². The Hall–Kier alpha value is -3.39. The Morgan fingerprint density at radius 3 is 2.03 bits per heavy atom. The highest BCUT2D eigenvalue weighted by molar-refractivity contribution is 5.89. The van der Waals surface area contributed by atoms with Crippen LogP contribution in [0.25, 0.3) is 11.1 Å². The first-order valence-corrected chi connectivity index (χ1v) is 11.1. The number of rotatable bonds is 10. The molecule has 176 valence electrons. The van der Waals surface area contributed by atoms with Gasteiger partial charge in [0.25, 0.3) is 0 Å². The zero-order valence-corrected chi connectivity index (χ0v) is 18.8. The van der Waals surface area contributed by atoms with E-state index in [0.717, 1.165) is 22.3 Å². The number of carboxylic acid groups (broad SMARTS) is 1. The van der Waals surface area contributed by atoms with E-state index in [0.29, 0.717) is 6.42 Å². The van der Waals surface area contributed by atoms with Crippen LogP contribution in [-0.4, -0.2) is 53.5 Å². The normalized spacial score (nSPS) is 14.2. The molecule has 2 aromatic rings. The number of aliphatic hydroxyl groups is 1. The second-order valence-electron chi connectivity index (χ2n) is 8.56. The summed E-state index contributed by atoms with van der Waals surface area (Å²) in [7, 11) is 0. The number of benzene rings is 2. The van der Waals surface area contributed by atoms with Crippen molar-refractivity contribution in [2.75, 3.05) is 13.2 Å². The van der Waals surface area contributed by atoms with Crippen molar-refractivity contribution in [1.29, 1.82) is 0 Å². The highest BCUT2D eigenvalue weighted by Crippen LogP contribution is 2.44. The Labute approximate surface area is 193 Å². The standard InChI is InChI=1S/C25H30N2O6/c1-15(2)13-22(23(29)26-21(11-12-28)24(30)31)27-25(32)33-14-20-18-9-5-3-7-16(18)17-8-4-6-10-19(17)20/h3-10,15,20-22,28H,11-14H2,1-2H3,(H,26,29)(H,27,32)(H,30,31)/t21-,22+/m1/s1. The number of carbonyl (C=O) groups is 3. The Morgan fingerprint density at radius 2 is 1.52 bits per heavy atom. The Bertz CT molecular complexity index is 960. The SMILES string of the molecule is CC(C)C[C@H](NC(=O)OCC1c2ccccc2-c2ccccc21)C(=O)N[C@H](CCO)C(=O)O. The van der Waals surface area contributed by atoms with E-state index < -0.39 is 30.1 Å². The van der Waals surface area contributed by atoms with Gasteiger partial charge in [0.05, 0.1) is 0 Å². The fraction of sp³-hybridized carbons (Fsp3) is 0.400. The molecule has 0 bridgehead atoms. The number of aliphatic hydroxyl groups excluding tert-OH is 1. The molecule has 0 spiro atoms. The molecule has 2 aromatic carbocycles. The van der Waals surface area contributed by atoms with Gasteiger partial charge in [0.2, 0.25) is 5.91 Å². The maximum absolute atomic E-state index is 12.7. The number of ether oxygens (including phenoxy) is 1. The lowest BCUT2D eigenvalue weighted by atomic mass is 9.98. The summed E-state index contributed by atoms with van der Waals surface area (Å²) in [5.41, 5.74) is 4.39. The summed E-state index contributed by atoms with van der Waals surface area (Å²) in [5.74, 6) is -1.92. The summed E-state index contributed by atoms with van der Waals surface area (Å²) in [4.78, 5) is 36.6. The van der Waals surface area contributed by atoms with Gasteiger partial charge < -0.3 is 25.6 Å². The second kappa shape index (κ2) is 11.0. The summed E-state index contributed by atoms with van der Waals surface area (Å²) in [6, 6.07) is 13.8. The van der Waals surface area contributed by atoms with Crippen molar-refractivity contribution in [1.82, 2.24) is 10.6 Å². The lowest BCUT2D eigenvalue weighted by molar-refractivity contribution is -0.142. The largest absolute Gasteiger partial charge is 0.480 e. The van der Waals surface area contributed by atoms with E-state index in [4.69, 9.17) is 9.84 Å². The van der Waals surface area contributed by atoms with Gasteiger partial charge in [-0.25, -0.2) is 9.59 Å². The minimum atomic E-state index is -1.25. The monoisotopic (exact) mass is 454 g/mol. The molecular formula is C25H30N2O6. The third-order valence-electron chi connectivity index (χ3n) is 5.69. The van der Waals surface area contributed by atoms with Crippen molar-refractivity contribution < 1.29 is 29.3 Å². The Morgan fingerprint density at radius 1 is 0.939 bits per heavy atom. The van der Waals surface area contributed by atoms with Gasteiger partial charge in [0, 0.05) is 18.9 Å². The minimum Gasteiger partial charge on any atom is -0.480 e. The highest BCUT2D eigenvalue weighted by atomic mass is 16.5. The van der Waals surface area contributed by atoms with Crippen molar-refractivity contribution in [3.05, 3.63) is 59.7 Å². The molecule has 0 radical (unpaired) electrons. The predicted octanol–water partition coefficient (Wildman–Crippen LogP) is 2.89. The van der Waals surface area contributed by atoms with Gasteiger partial charge in [0.1, 0.15) is 18.7 Å². The minimum absolute atomic E-state index is 0.0655. The van der Waals surface area contributed by atoms with Crippen molar-refractivity contribution in [3.8, 4) is 11.1 Å². The van der Waals surface area contributed by atoms with Crippen LogP contribution in [0.15, 0.2) is 48.5 Å². The maximum Gasteiger partial charge on any atom is 0.407 e. The second-order valence-corrected chi connectivity index (χ2v) is 8.56. The van der Waals surface area contributed by atoms with Crippen LogP contribution in [0, 0.1) is 5.92 Å². The van der Waals surface area contributed by atoms with Crippen molar-refractivity contribution in [2.45, 2.75) is 44.7 Å². The molecular weight excluding hydrogens is 424 g/mol. The number of hydrogen-bond donors (Lipinski definition) is 4. The quantitative estimate of drug-likeness (QED) is 0.438. The first kappa shape index (κ1) is 24.3. The topological polar surface area (TPSA) is 125 Å². The summed E-state index contributed by atoms with van der Waals surface area (Å²) in [6.45, 7) is 3.51. The maximum atomic E-state index is 12.7. The molecule has 0 fully saturated rings. The fourth-order valence-electron chi connectivity index (χ4n) is 4.14. The number of carbonyl (C=O) groups excluding carboxylic acids is 2. The zero-order chi connectivity index (χ0) is 24.0. The summed E-state index contributed by atoms with van der Waals surface area (Å²) >= 11 is 0. The van der Waals surface area contributed by atoms with Crippen LogP contribution in [0.5, 0.6) is 0 Å². The molecule has 1 aliphatic rings. The van der Waals surface area contributed by atoms with Crippen molar-refractivity contribution >= 4 is 18.0 Å². The van der Waals surface area contributed by atoms with E-state index in [9.17, 15) is 19.5 Å². The third kappa shape index (κ3) is 5.90. The number of alkyl carbamates (subject to hydrolysis) is 1. The van der Waals surface area contributed by atoms with Crippen LogP contribution < -0.4 is 10.6 Å². The van der Waals surface area contributed by atoms with Crippen molar-refractivity contribution in [2.24, 2.45) is 5.92 Å². The fourth-order valence-corrected chi connectivity index (χ4v) is 4.14. The molecule has 0 saturated heterocycles. The predicted molar refractivity (Wildman–Crippen MR) is 123 cm³/mol. The van der Waals surface area contributed by atoms with E-state index in [2.05, 4.69) is 10.6 Å². The molecule has 4 N–H and O–H groups in total. The van der Waals surface area contributed by atoms with Crippen LogP contribution in [0.2, 0.25) is 0 Å². The third-order valence-corrected chi connectivity index (χ3v) is 5.69. The van der Waals surface area contributed by atoms with Gasteiger partial charge in [0.15, 0.2) is 0 Å². The molecule has 0 saturated carbocycles. The highest BCUT2D eigenvalue weighted by Gasteiger charge is 2.31. The molecule has 0 aliphatic heterocycles. The van der Waals surface area contributed by atoms with Crippen LogP contribution in [0.1, 0.15) is 43.7 Å². The zero-order valence-electron chi connectivity index (χ0n) is 18.8. The van der Waals surface area contributed by atoms with E-state index in [1.54, 1.807) is 0 Å². The lowest BCUT2D eigenvalue weighted by Gasteiger charge is -2.23. The van der Waals surface area contributed by atoms with Crippen LogP contribution in [-0.2, 0) is 14.3 Å². The first-order valence-electron chi connectivity index (χ1n) is 11.1. The average Bonchev–Trinajstić information content (AvgIpc) is 3.10.